The lowest BCUT2D eigenvalue weighted by molar-refractivity contribution is -0.389. The molecule has 0 unspecified atom stereocenters. The molecule has 0 aromatic carbocycles. The van der Waals surface area contributed by atoms with Gasteiger partial charge in [-0.1, -0.05) is 33.1 Å². The molecule has 0 amide bonds. The van der Waals surface area contributed by atoms with Gasteiger partial charge in [-0.3, -0.25) is 0 Å². The van der Waals surface area contributed by atoms with E-state index in [1.807, 2.05) is 0 Å². The first-order chi connectivity index (χ1) is 7.67. The van der Waals surface area contributed by atoms with E-state index >= 15 is 0 Å². The SMILES string of the molecule is CCCC[C@H](CC)Cn1ccc([N+](=O)[O-])n1. The van der Waals surface area contributed by atoms with Crippen molar-refractivity contribution in [3.63, 3.8) is 0 Å². The largest absolute Gasteiger partial charge is 0.389 e. The Hall–Kier alpha value is -1.39. The van der Waals surface area contributed by atoms with Crippen LogP contribution in [0, 0.1) is 16.0 Å². The van der Waals surface area contributed by atoms with E-state index in [2.05, 4.69) is 18.9 Å². The van der Waals surface area contributed by atoms with E-state index in [9.17, 15) is 10.1 Å². The van der Waals surface area contributed by atoms with Gasteiger partial charge >= 0.3 is 5.82 Å². The van der Waals surface area contributed by atoms with Crippen LogP contribution in [0.1, 0.15) is 39.5 Å². The molecule has 0 radical (unpaired) electrons. The van der Waals surface area contributed by atoms with Gasteiger partial charge in [-0.05, 0) is 17.3 Å². The van der Waals surface area contributed by atoms with Crippen LogP contribution in [-0.2, 0) is 6.54 Å². The smallest absolute Gasteiger partial charge is 0.358 e. The third-order valence-electron chi connectivity index (χ3n) is 2.80. The van der Waals surface area contributed by atoms with Crippen molar-refractivity contribution in [1.29, 1.82) is 0 Å². The van der Waals surface area contributed by atoms with Gasteiger partial charge in [0.25, 0.3) is 0 Å². The molecule has 0 saturated heterocycles. The zero-order valence-corrected chi connectivity index (χ0v) is 9.93. The molecule has 16 heavy (non-hydrogen) atoms. The average Bonchev–Trinajstić information content (AvgIpc) is 2.72. The van der Waals surface area contributed by atoms with Crippen molar-refractivity contribution < 1.29 is 4.92 Å². The highest BCUT2D eigenvalue weighted by Gasteiger charge is 2.14. The monoisotopic (exact) mass is 225 g/mol. The maximum atomic E-state index is 10.5. The van der Waals surface area contributed by atoms with E-state index in [0.29, 0.717) is 5.92 Å². The Labute approximate surface area is 95.6 Å². The Balaban J connectivity index is 2.52. The Kier molecular flexibility index (Phi) is 4.95. The molecule has 1 atom stereocenters. The lowest BCUT2D eigenvalue weighted by atomic mass is 10.00. The molecule has 0 aliphatic rings. The highest BCUT2D eigenvalue weighted by atomic mass is 16.6. The van der Waals surface area contributed by atoms with E-state index in [-0.39, 0.29) is 5.82 Å². The maximum Gasteiger partial charge on any atom is 0.389 e. The van der Waals surface area contributed by atoms with Crippen LogP contribution in [0.5, 0.6) is 0 Å². The second-order valence-electron chi connectivity index (χ2n) is 4.07. The molecule has 0 aliphatic carbocycles. The van der Waals surface area contributed by atoms with E-state index in [0.717, 1.165) is 13.0 Å². The summed E-state index contributed by atoms with van der Waals surface area (Å²) in [6.07, 6.45) is 6.35. The molecule has 1 rings (SSSR count). The molecule has 5 nitrogen and oxygen atoms in total. The van der Waals surface area contributed by atoms with Crippen molar-refractivity contribution in [2.45, 2.75) is 46.1 Å². The summed E-state index contributed by atoms with van der Waals surface area (Å²) in [7, 11) is 0. The van der Waals surface area contributed by atoms with Crippen molar-refractivity contribution in [2.24, 2.45) is 5.92 Å². The van der Waals surface area contributed by atoms with Crippen molar-refractivity contribution >= 4 is 5.82 Å². The van der Waals surface area contributed by atoms with Gasteiger partial charge in [-0.2, -0.15) is 4.68 Å². The first-order valence-corrected chi connectivity index (χ1v) is 5.85. The van der Waals surface area contributed by atoms with Crippen LogP contribution < -0.4 is 0 Å². The highest BCUT2D eigenvalue weighted by molar-refractivity contribution is 5.13. The van der Waals surface area contributed by atoms with Crippen LogP contribution in [0.15, 0.2) is 12.3 Å². The molecule has 1 heterocycles. The summed E-state index contributed by atoms with van der Waals surface area (Å²) in [6.45, 7) is 5.11. The molecule has 90 valence electrons. The number of hydrogen-bond donors (Lipinski definition) is 0. The fraction of sp³-hybridized carbons (Fsp3) is 0.727. The molecule has 0 bridgehead atoms. The Morgan fingerprint density at radius 3 is 2.81 bits per heavy atom. The van der Waals surface area contributed by atoms with Crippen LogP contribution in [0.3, 0.4) is 0 Å². The molecule has 1 aromatic rings. The van der Waals surface area contributed by atoms with Gasteiger partial charge in [-0.25, -0.2) is 0 Å². The topological polar surface area (TPSA) is 61.0 Å². The van der Waals surface area contributed by atoms with Crippen molar-refractivity contribution in [1.82, 2.24) is 9.78 Å². The number of unbranched alkanes of at least 4 members (excludes halogenated alkanes) is 1. The van der Waals surface area contributed by atoms with Crippen LogP contribution in [-0.4, -0.2) is 14.7 Å². The van der Waals surface area contributed by atoms with Gasteiger partial charge < -0.3 is 10.1 Å². The normalized spacial score (nSPS) is 12.6. The molecule has 0 N–H and O–H groups in total. The van der Waals surface area contributed by atoms with E-state index in [4.69, 9.17) is 0 Å². The molecular weight excluding hydrogens is 206 g/mol. The third-order valence-corrected chi connectivity index (χ3v) is 2.80. The molecular formula is C11H19N3O2. The van der Waals surface area contributed by atoms with Gasteiger partial charge in [0.2, 0.25) is 0 Å². The zero-order chi connectivity index (χ0) is 12.0. The lowest BCUT2D eigenvalue weighted by Gasteiger charge is -2.11. The lowest BCUT2D eigenvalue weighted by Crippen LogP contribution is -2.10. The van der Waals surface area contributed by atoms with Crippen LogP contribution in [0.25, 0.3) is 0 Å². The molecule has 1 aromatic heterocycles. The van der Waals surface area contributed by atoms with Crippen LogP contribution in [0.2, 0.25) is 0 Å². The minimum Gasteiger partial charge on any atom is -0.358 e. The van der Waals surface area contributed by atoms with Gasteiger partial charge in [0.15, 0.2) is 0 Å². The van der Waals surface area contributed by atoms with Gasteiger partial charge in [0.05, 0.1) is 23.9 Å². The fourth-order valence-corrected chi connectivity index (χ4v) is 1.73. The second-order valence-corrected chi connectivity index (χ2v) is 4.07. The van der Waals surface area contributed by atoms with Gasteiger partial charge in [0.1, 0.15) is 0 Å². The Morgan fingerprint density at radius 1 is 1.56 bits per heavy atom. The minimum absolute atomic E-state index is 0.0645. The fourth-order valence-electron chi connectivity index (χ4n) is 1.73. The predicted octanol–water partition coefficient (Wildman–Crippen LogP) is 3.01. The van der Waals surface area contributed by atoms with Crippen molar-refractivity contribution in [3.05, 3.63) is 22.4 Å². The number of rotatable bonds is 7. The van der Waals surface area contributed by atoms with Gasteiger partial charge in [-0.15, -0.1) is 0 Å². The summed E-state index contributed by atoms with van der Waals surface area (Å²) in [4.78, 5) is 10.0. The number of aromatic nitrogens is 2. The van der Waals surface area contributed by atoms with Gasteiger partial charge in [0, 0.05) is 0 Å². The quantitative estimate of drug-likeness (QED) is 0.529. The highest BCUT2D eigenvalue weighted by Crippen LogP contribution is 2.15. The second kappa shape index (κ2) is 6.25. The maximum absolute atomic E-state index is 10.5. The summed E-state index contributed by atoms with van der Waals surface area (Å²) in [5.74, 6) is 0.504. The third kappa shape index (κ3) is 3.64. The molecule has 0 aliphatic heterocycles. The Morgan fingerprint density at radius 2 is 2.31 bits per heavy atom. The minimum atomic E-state index is -0.455. The average molecular weight is 225 g/mol. The summed E-state index contributed by atoms with van der Waals surface area (Å²) < 4.78 is 1.68. The first kappa shape index (κ1) is 12.7. The summed E-state index contributed by atoms with van der Waals surface area (Å²) in [5.41, 5.74) is 0. The Bertz CT molecular complexity index is 336. The first-order valence-electron chi connectivity index (χ1n) is 5.85. The number of nitro groups is 1. The molecule has 0 fully saturated rings. The standard InChI is InChI=1S/C11H19N3O2/c1-3-5-6-10(4-2)9-13-8-7-11(12-13)14(15)16/h7-8,10H,3-6,9H2,1-2H3/t10-/m0/s1. The zero-order valence-electron chi connectivity index (χ0n) is 9.93. The molecule has 0 spiro atoms. The molecule has 5 heteroatoms. The van der Waals surface area contributed by atoms with Crippen molar-refractivity contribution in [3.8, 4) is 0 Å². The summed E-state index contributed by atoms with van der Waals surface area (Å²) in [5, 5.41) is 14.4. The summed E-state index contributed by atoms with van der Waals surface area (Å²) >= 11 is 0. The van der Waals surface area contributed by atoms with Crippen LogP contribution >= 0.6 is 0 Å². The predicted molar refractivity (Wildman–Crippen MR) is 62.2 cm³/mol. The van der Waals surface area contributed by atoms with E-state index < -0.39 is 4.92 Å². The van der Waals surface area contributed by atoms with E-state index in [1.165, 1.54) is 25.3 Å². The molecule has 0 saturated carbocycles. The van der Waals surface area contributed by atoms with Crippen molar-refractivity contribution in [2.75, 3.05) is 0 Å². The van der Waals surface area contributed by atoms with Crippen LogP contribution in [0.4, 0.5) is 5.82 Å². The number of hydrogen-bond acceptors (Lipinski definition) is 3. The summed E-state index contributed by atoms with van der Waals surface area (Å²) in [6, 6.07) is 1.45. The number of nitrogens with zero attached hydrogens (tertiary/aromatic N) is 3. The van der Waals surface area contributed by atoms with E-state index in [1.54, 1.807) is 10.9 Å².